The van der Waals surface area contributed by atoms with Crippen molar-refractivity contribution in [1.82, 2.24) is 15.5 Å². The highest BCUT2D eigenvalue weighted by atomic mass is 16.6. The summed E-state index contributed by atoms with van der Waals surface area (Å²) in [6.45, 7) is 22.1. The molecule has 0 radical (unpaired) electrons. The number of esters is 1. The van der Waals surface area contributed by atoms with Gasteiger partial charge in [0.25, 0.3) is 0 Å². The van der Waals surface area contributed by atoms with Crippen molar-refractivity contribution in [3.63, 3.8) is 0 Å². The molecule has 3 amide bonds. The summed E-state index contributed by atoms with van der Waals surface area (Å²) in [7, 11) is 1.53. The summed E-state index contributed by atoms with van der Waals surface area (Å²) in [5.74, 6) is -1.39. The van der Waals surface area contributed by atoms with Crippen LogP contribution < -0.4 is 10.6 Å². The molecule has 0 unspecified atom stereocenters. The average Bonchev–Trinajstić information content (AvgIpc) is 2.85. The van der Waals surface area contributed by atoms with Crippen molar-refractivity contribution >= 4 is 23.9 Å². The molecule has 1 aromatic carbocycles. The molecule has 0 saturated heterocycles. The van der Waals surface area contributed by atoms with Gasteiger partial charge in [-0.15, -0.1) is 0 Å². The van der Waals surface area contributed by atoms with Gasteiger partial charge < -0.3 is 20.1 Å². The third kappa shape index (κ3) is 10.5. The Bertz CT molecular complexity index is 1110. The van der Waals surface area contributed by atoms with E-state index < -0.39 is 58.4 Å². The zero-order valence-corrected chi connectivity index (χ0v) is 27.9. The lowest BCUT2D eigenvalue weighted by Crippen LogP contribution is -2.63. The van der Waals surface area contributed by atoms with Crippen LogP contribution in [0.25, 0.3) is 0 Å². The Morgan fingerprint density at radius 3 is 1.90 bits per heavy atom. The first-order chi connectivity index (χ1) is 19.1. The van der Waals surface area contributed by atoms with Gasteiger partial charge in [0.15, 0.2) is 0 Å². The summed E-state index contributed by atoms with van der Waals surface area (Å²) in [4.78, 5) is 54.7. The standard InChI is InChI=1S/C33H53N3O6/c1-14-41-29(39)22(4)20-24(21(2)3)34-27(37)25(31(5,6)7)35-28(38)26(36(13)30(40)42-32(8,9)10)33(11,12)23-18-16-15-17-19-23/h15-21,24-26H,14H2,1-13H3,(H,34,37)(H,35,38)/b22-20+/t24-,25-,26-/m1/s1. The van der Waals surface area contributed by atoms with Gasteiger partial charge >= 0.3 is 12.1 Å². The average molecular weight is 588 g/mol. The summed E-state index contributed by atoms with van der Waals surface area (Å²) < 4.78 is 10.7. The molecule has 0 aliphatic heterocycles. The molecule has 1 rings (SSSR count). The molecule has 42 heavy (non-hydrogen) atoms. The molecule has 0 heterocycles. The number of carbonyl (C=O) groups excluding carboxylic acids is 4. The van der Waals surface area contributed by atoms with Crippen LogP contribution in [0.4, 0.5) is 4.79 Å². The van der Waals surface area contributed by atoms with E-state index in [9.17, 15) is 19.2 Å². The second-order valence-electron chi connectivity index (χ2n) is 13.7. The Morgan fingerprint density at radius 2 is 1.45 bits per heavy atom. The second kappa shape index (κ2) is 14.7. The van der Waals surface area contributed by atoms with Crippen LogP contribution in [0.15, 0.2) is 42.0 Å². The molecular formula is C33H53N3O6. The van der Waals surface area contributed by atoms with Gasteiger partial charge in [0.2, 0.25) is 11.8 Å². The first kappa shape index (κ1) is 36.7. The number of hydrogen-bond acceptors (Lipinski definition) is 6. The molecular weight excluding hydrogens is 534 g/mol. The number of benzene rings is 1. The van der Waals surface area contributed by atoms with Crippen LogP contribution in [0, 0.1) is 11.3 Å². The molecule has 3 atom stereocenters. The smallest absolute Gasteiger partial charge is 0.410 e. The molecule has 0 spiro atoms. The van der Waals surface area contributed by atoms with E-state index >= 15 is 0 Å². The van der Waals surface area contributed by atoms with Crippen LogP contribution in [0.5, 0.6) is 0 Å². The Kier molecular flexibility index (Phi) is 12.8. The Hall–Kier alpha value is -3.36. The highest BCUT2D eigenvalue weighted by Gasteiger charge is 2.45. The van der Waals surface area contributed by atoms with Crippen LogP contribution in [0.2, 0.25) is 0 Å². The van der Waals surface area contributed by atoms with Gasteiger partial charge in [0.1, 0.15) is 17.7 Å². The summed E-state index contributed by atoms with van der Waals surface area (Å²) in [6, 6.07) is 7.00. The number of hydrogen-bond donors (Lipinski definition) is 2. The monoisotopic (exact) mass is 587 g/mol. The molecule has 9 nitrogen and oxygen atoms in total. The third-order valence-corrected chi connectivity index (χ3v) is 6.99. The van der Waals surface area contributed by atoms with Gasteiger partial charge in [-0.2, -0.15) is 0 Å². The minimum absolute atomic E-state index is 0.0438. The van der Waals surface area contributed by atoms with Crippen LogP contribution in [-0.2, 0) is 29.3 Å². The van der Waals surface area contributed by atoms with E-state index in [0.717, 1.165) is 5.56 Å². The van der Waals surface area contributed by atoms with E-state index in [-0.39, 0.29) is 12.5 Å². The maximum absolute atomic E-state index is 14.2. The van der Waals surface area contributed by atoms with Crippen LogP contribution in [-0.4, -0.2) is 66.2 Å². The van der Waals surface area contributed by atoms with Crippen molar-refractivity contribution in [3.05, 3.63) is 47.5 Å². The molecule has 0 saturated carbocycles. The van der Waals surface area contributed by atoms with E-state index in [1.165, 1.54) is 11.9 Å². The molecule has 1 aromatic rings. The zero-order chi connectivity index (χ0) is 32.6. The first-order valence-electron chi connectivity index (χ1n) is 14.6. The van der Waals surface area contributed by atoms with Crippen LogP contribution in [0.1, 0.15) is 88.6 Å². The number of rotatable bonds is 11. The predicted octanol–water partition coefficient (Wildman–Crippen LogP) is 5.38. The predicted molar refractivity (Wildman–Crippen MR) is 166 cm³/mol. The van der Waals surface area contributed by atoms with Crippen molar-refractivity contribution in [3.8, 4) is 0 Å². The maximum atomic E-state index is 14.2. The van der Waals surface area contributed by atoms with Crippen molar-refractivity contribution in [2.45, 2.75) is 112 Å². The van der Waals surface area contributed by atoms with Crippen LogP contribution in [0.3, 0.4) is 0 Å². The van der Waals surface area contributed by atoms with E-state index in [1.807, 2.05) is 78.8 Å². The first-order valence-corrected chi connectivity index (χ1v) is 14.6. The summed E-state index contributed by atoms with van der Waals surface area (Å²) >= 11 is 0. The highest BCUT2D eigenvalue weighted by Crippen LogP contribution is 2.32. The quantitative estimate of drug-likeness (QED) is 0.265. The van der Waals surface area contributed by atoms with Gasteiger partial charge in [-0.1, -0.05) is 84.9 Å². The number of nitrogens with one attached hydrogen (secondary N) is 2. The highest BCUT2D eigenvalue weighted by molar-refractivity contribution is 5.93. The van der Waals surface area contributed by atoms with Gasteiger partial charge in [0.05, 0.1) is 12.6 Å². The molecule has 0 aliphatic carbocycles. The summed E-state index contributed by atoms with van der Waals surface area (Å²) in [6.07, 6.45) is 1.03. The molecule has 9 heteroatoms. The minimum atomic E-state index is -1.01. The van der Waals surface area contributed by atoms with Crippen molar-refractivity contribution < 1.29 is 28.7 Å². The number of nitrogens with zero attached hydrogens (tertiary/aromatic N) is 1. The molecule has 0 fully saturated rings. The lowest BCUT2D eigenvalue weighted by molar-refractivity contribution is -0.138. The van der Waals surface area contributed by atoms with Crippen molar-refractivity contribution in [1.29, 1.82) is 0 Å². The fraction of sp³-hybridized carbons (Fsp3) is 0.636. The van der Waals surface area contributed by atoms with Gasteiger partial charge in [-0.05, 0) is 51.5 Å². The topological polar surface area (TPSA) is 114 Å². The SMILES string of the molecule is CCOC(=O)/C(C)=C/[C@@H](NC(=O)[C@@H](NC(=O)[C@@H](N(C)C(=O)OC(C)(C)C)C(C)(C)c1ccccc1)C(C)(C)C)C(C)C. The zero-order valence-electron chi connectivity index (χ0n) is 27.9. The largest absolute Gasteiger partial charge is 0.463 e. The van der Waals surface area contributed by atoms with Crippen LogP contribution >= 0.6 is 0 Å². The Morgan fingerprint density at radius 1 is 0.905 bits per heavy atom. The number of ether oxygens (including phenoxy) is 2. The van der Waals surface area contributed by atoms with Crippen molar-refractivity contribution in [2.75, 3.05) is 13.7 Å². The molecule has 2 N–H and O–H groups in total. The van der Waals surface area contributed by atoms with E-state index in [4.69, 9.17) is 9.47 Å². The third-order valence-electron chi connectivity index (χ3n) is 6.99. The Balaban J connectivity index is 3.48. The van der Waals surface area contributed by atoms with E-state index in [0.29, 0.717) is 5.57 Å². The lowest BCUT2D eigenvalue weighted by atomic mass is 9.76. The van der Waals surface area contributed by atoms with E-state index in [2.05, 4.69) is 10.6 Å². The lowest BCUT2D eigenvalue weighted by Gasteiger charge is -2.41. The van der Waals surface area contributed by atoms with Crippen molar-refractivity contribution in [2.24, 2.45) is 11.3 Å². The number of likely N-dealkylation sites (N-methyl/N-ethyl adjacent to an activating group) is 1. The van der Waals surface area contributed by atoms with E-state index in [1.54, 1.807) is 40.7 Å². The summed E-state index contributed by atoms with van der Waals surface area (Å²) in [5.41, 5.74) is -1.08. The fourth-order valence-corrected chi connectivity index (χ4v) is 4.58. The maximum Gasteiger partial charge on any atom is 0.410 e. The Labute approximate surface area is 252 Å². The van der Waals surface area contributed by atoms with Gasteiger partial charge in [-0.3, -0.25) is 14.5 Å². The number of carbonyl (C=O) groups is 4. The molecule has 0 aromatic heterocycles. The fourth-order valence-electron chi connectivity index (χ4n) is 4.58. The van der Waals surface area contributed by atoms with Gasteiger partial charge in [-0.25, -0.2) is 9.59 Å². The second-order valence-corrected chi connectivity index (χ2v) is 13.7. The van der Waals surface area contributed by atoms with Gasteiger partial charge in [0, 0.05) is 18.0 Å². The molecule has 0 aliphatic rings. The normalized spacial score (nSPS) is 14.9. The number of amides is 3. The molecule has 0 bridgehead atoms. The summed E-state index contributed by atoms with van der Waals surface area (Å²) in [5, 5.41) is 5.96. The minimum Gasteiger partial charge on any atom is -0.463 e. The molecule has 236 valence electrons.